The third-order valence-corrected chi connectivity index (χ3v) is 6.59. The van der Waals surface area contributed by atoms with Crippen LogP contribution in [0, 0.1) is 0 Å². The number of hydrogen-bond donors (Lipinski definition) is 1. The lowest BCUT2D eigenvalue weighted by molar-refractivity contribution is -0.119. The highest BCUT2D eigenvalue weighted by molar-refractivity contribution is 6.07. The van der Waals surface area contributed by atoms with Crippen LogP contribution in [0.25, 0.3) is 11.0 Å². The summed E-state index contributed by atoms with van der Waals surface area (Å²) in [5, 5.41) is 2.83. The van der Waals surface area contributed by atoms with Crippen LogP contribution in [0.3, 0.4) is 0 Å². The van der Waals surface area contributed by atoms with Gasteiger partial charge in [0.15, 0.2) is 0 Å². The van der Waals surface area contributed by atoms with Gasteiger partial charge in [0.25, 0.3) is 5.91 Å². The van der Waals surface area contributed by atoms with Gasteiger partial charge in [-0.15, -0.1) is 0 Å². The van der Waals surface area contributed by atoms with Crippen molar-refractivity contribution in [2.24, 2.45) is 0 Å². The van der Waals surface area contributed by atoms with Crippen LogP contribution in [-0.4, -0.2) is 51.1 Å². The lowest BCUT2D eigenvalue weighted by Gasteiger charge is -2.35. The van der Waals surface area contributed by atoms with Crippen molar-refractivity contribution in [3.05, 3.63) is 83.9 Å². The number of aromatic nitrogens is 3. The number of nitrogens with zero attached hydrogens (tertiary/aromatic N) is 4. The maximum absolute atomic E-state index is 14.0. The summed E-state index contributed by atoms with van der Waals surface area (Å²) in [6.45, 7) is 4.04. The highest BCUT2D eigenvalue weighted by atomic mass is 16.5. The standard InChI is InChI=1S/C27H29N5O3/c1-19-24-9-6-11-30(24)13-14-32(19)27(34)22-15-21(29-25(33)17-35-2)16-23-26(22)31(18-28-23)12-10-20-7-4-3-5-8-20/h3-9,11,15-16,18-19H,10,12-14,17H2,1-2H3,(H,29,33)/t19-/m1/s1. The molecule has 0 bridgehead atoms. The van der Waals surface area contributed by atoms with Crippen molar-refractivity contribution in [2.75, 3.05) is 25.6 Å². The topological polar surface area (TPSA) is 81.4 Å². The van der Waals surface area contributed by atoms with Crippen molar-refractivity contribution < 1.29 is 14.3 Å². The number of benzene rings is 2. The largest absolute Gasteiger partial charge is 0.375 e. The van der Waals surface area contributed by atoms with Crippen LogP contribution in [-0.2, 0) is 29.0 Å². The van der Waals surface area contributed by atoms with Crippen molar-refractivity contribution in [1.29, 1.82) is 0 Å². The number of rotatable bonds is 7. The number of amides is 2. The Labute approximate surface area is 204 Å². The van der Waals surface area contributed by atoms with Crippen molar-refractivity contribution in [1.82, 2.24) is 19.0 Å². The Kier molecular flexibility index (Phi) is 6.37. The molecule has 3 heterocycles. The molecule has 5 rings (SSSR count). The number of carbonyl (C=O) groups excluding carboxylic acids is 2. The minimum absolute atomic E-state index is 0.0614. The highest BCUT2D eigenvalue weighted by Gasteiger charge is 2.30. The second-order valence-electron chi connectivity index (χ2n) is 8.85. The molecule has 0 unspecified atom stereocenters. The van der Waals surface area contributed by atoms with E-state index in [-0.39, 0.29) is 24.5 Å². The van der Waals surface area contributed by atoms with Crippen LogP contribution in [0.5, 0.6) is 0 Å². The van der Waals surface area contributed by atoms with E-state index in [0.29, 0.717) is 29.9 Å². The monoisotopic (exact) mass is 471 g/mol. The summed E-state index contributed by atoms with van der Waals surface area (Å²) in [7, 11) is 1.47. The molecule has 4 aromatic rings. The van der Waals surface area contributed by atoms with Crippen LogP contribution in [0.15, 0.2) is 67.1 Å². The molecule has 1 N–H and O–H groups in total. The van der Waals surface area contributed by atoms with Gasteiger partial charge in [0.05, 0.1) is 29.0 Å². The summed E-state index contributed by atoms with van der Waals surface area (Å²) in [6, 6.07) is 17.8. The molecule has 1 aliphatic heterocycles. The normalized spacial score (nSPS) is 15.3. The van der Waals surface area contributed by atoms with Gasteiger partial charge in [-0.2, -0.15) is 0 Å². The maximum atomic E-state index is 14.0. The van der Waals surface area contributed by atoms with Gasteiger partial charge in [-0.05, 0) is 43.2 Å². The van der Waals surface area contributed by atoms with Crippen LogP contribution in [0.1, 0.15) is 34.6 Å². The fourth-order valence-electron chi connectivity index (χ4n) is 4.85. The Bertz CT molecular complexity index is 1360. The maximum Gasteiger partial charge on any atom is 0.256 e. The van der Waals surface area contributed by atoms with Crippen LogP contribution in [0.4, 0.5) is 5.69 Å². The number of hydrogen-bond acceptors (Lipinski definition) is 4. The van der Waals surface area contributed by atoms with E-state index in [4.69, 9.17) is 4.74 Å². The summed E-state index contributed by atoms with van der Waals surface area (Å²) in [5.74, 6) is -0.350. The Morgan fingerprint density at radius 1 is 1.11 bits per heavy atom. The van der Waals surface area contributed by atoms with E-state index in [0.717, 1.165) is 24.2 Å². The lowest BCUT2D eigenvalue weighted by atomic mass is 10.1. The minimum atomic E-state index is -0.280. The molecule has 2 aromatic carbocycles. The zero-order valence-electron chi connectivity index (χ0n) is 20.0. The zero-order chi connectivity index (χ0) is 24.4. The minimum Gasteiger partial charge on any atom is -0.375 e. The van der Waals surface area contributed by atoms with Crippen molar-refractivity contribution in [3.63, 3.8) is 0 Å². The van der Waals surface area contributed by atoms with Gasteiger partial charge in [0.2, 0.25) is 5.91 Å². The number of carbonyl (C=O) groups is 2. The first-order valence-corrected chi connectivity index (χ1v) is 11.8. The van der Waals surface area contributed by atoms with Crippen LogP contribution in [0.2, 0.25) is 0 Å². The second kappa shape index (κ2) is 9.76. The van der Waals surface area contributed by atoms with E-state index >= 15 is 0 Å². The number of fused-ring (bicyclic) bond motifs is 2. The molecule has 0 fully saturated rings. The van der Waals surface area contributed by atoms with Crippen molar-refractivity contribution in [3.8, 4) is 0 Å². The smallest absolute Gasteiger partial charge is 0.256 e. The lowest BCUT2D eigenvalue weighted by Crippen LogP contribution is -2.40. The summed E-state index contributed by atoms with van der Waals surface area (Å²) < 4.78 is 9.17. The molecule has 0 radical (unpaired) electrons. The van der Waals surface area contributed by atoms with E-state index in [1.54, 1.807) is 12.4 Å². The fraction of sp³-hybridized carbons (Fsp3) is 0.296. The molecule has 2 amide bonds. The average molecular weight is 472 g/mol. The third-order valence-electron chi connectivity index (χ3n) is 6.59. The molecular formula is C27H29N5O3. The molecule has 1 aliphatic rings. The van der Waals surface area contributed by atoms with E-state index in [1.165, 1.54) is 12.7 Å². The number of anilines is 1. The van der Waals surface area contributed by atoms with Gasteiger partial charge < -0.3 is 24.1 Å². The first-order chi connectivity index (χ1) is 17.0. The molecule has 0 aliphatic carbocycles. The first kappa shape index (κ1) is 22.9. The summed E-state index contributed by atoms with van der Waals surface area (Å²) in [5.41, 5.74) is 4.85. The summed E-state index contributed by atoms with van der Waals surface area (Å²) in [4.78, 5) is 32.7. The van der Waals surface area contributed by atoms with Crippen LogP contribution >= 0.6 is 0 Å². The Hall–Kier alpha value is -3.91. The molecule has 0 saturated heterocycles. The Balaban J connectivity index is 1.52. The van der Waals surface area contributed by atoms with Crippen molar-refractivity contribution in [2.45, 2.75) is 32.5 Å². The second-order valence-corrected chi connectivity index (χ2v) is 8.85. The highest BCUT2D eigenvalue weighted by Crippen LogP contribution is 2.31. The molecule has 180 valence electrons. The van der Waals surface area contributed by atoms with Crippen molar-refractivity contribution >= 4 is 28.5 Å². The third kappa shape index (κ3) is 4.57. The first-order valence-electron chi connectivity index (χ1n) is 11.8. The number of nitrogens with one attached hydrogen (secondary N) is 1. The van der Waals surface area contributed by atoms with Gasteiger partial charge in [0.1, 0.15) is 6.61 Å². The van der Waals surface area contributed by atoms with Gasteiger partial charge in [-0.25, -0.2) is 4.98 Å². The number of aryl methyl sites for hydroxylation is 2. The number of imidazole rings is 1. The summed E-state index contributed by atoms with van der Waals surface area (Å²) >= 11 is 0. The predicted octanol–water partition coefficient (Wildman–Crippen LogP) is 3.88. The van der Waals surface area contributed by atoms with Crippen LogP contribution < -0.4 is 5.32 Å². The van der Waals surface area contributed by atoms with Gasteiger partial charge in [-0.3, -0.25) is 9.59 Å². The SMILES string of the molecule is COCC(=O)Nc1cc(C(=O)N2CCn3cccc3[C@H]2C)c2c(c1)ncn2CCc1ccccc1. The molecule has 8 heteroatoms. The van der Waals surface area contributed by atoms with E-state index in [1.807, 2.05) is 39.8 Å². The van der Waals surface area contributed by atoms with Gasteiger partial charge in [0, 0.05) is 44.3 Å². The van der Waals surface area contributed by atoms with E-state index in [9.17, 15) is 9.59 Å². The molecule has 0 spiro atoms. The number of ether oxygens (including phenoxy) is 1. The van der Waals surface area contributed by atoms with E-state index < -0.39 is 0 Å². The summed E-state index contributed by atoms with van der Waals surface area (Å²) in [6.07, 6.45) is 4.65. The quantitative estimate of drug-likeness (QED) is 0.444. The average Bonchev–Trinajstić information content (AvgIpc) is 3.50. The molecule has 1 atom stereocenters. The molecule has 2 aromatic heterocycles. The van der Waals surface area contributed by atoms with Gasteiger partial charge >= 0.3 is 0 Å². The molecular weight excluding hydrogens is 442 g/mol. The van der Waals surface area contributed by atoms with E-state index in [2.05, 4.69) is 46.2 Å². The Morgan fingerprint density at radius 2 is 1.94 bits per heavy atom. The fourth-order valence-corrected chi connectivity index (χ4v) is 4.85. The van der Waals surface area contributed by atoms with Gasteiger partial charge in [-0.1, -0.05) is 30.3 Å². The molecule has 0 saturated carbocycles. The number of methoxy groups -OCH3 is 1. The molecule has 35 heavy (non-hydrogen) atoms. The molecule has 8 nitrogen and oxygen atoms in total. The predicted molar refractivity (Wildman–Crippen MR) is 134 cm³/mol. The Morgan fingerprint density at radius 3 is 2.74 bits per heavy atom. The zero-order valence-corrected chi connectivity index (χ0v) is 20.0.